The fourth-order valence-corrected chi connectivity index (χ4v) is 6.22. The van der Waals surface area contributed by atoms with Crippen LogP contribution in [0.3, 0.4) is 0 Å². The van der Waals surface area contributed by atoms with Crippen LogP contribution in [0.25, 0.3) is 32.3 Å². The van der Waals surface area contributed by atoms with Crippen LogP contribution in [0.5, 0.6) is 0 Å². The van der Waals surface area contributed by atoms with Gasteiger partial charge >= 0.3 is 0 Å². The maximum absolute atomic E-state index is 14.1. The van der Waals surface area contributed by atoms with E-state index in [-0.39, 0.29) is 11.8 Å². The van der Waals surface area contributed by atoms with Gasteiger partial charge in [-0.1, -0.05) is 97.1 Å². The first kappa shape index (κ1) is 24.1. The molecule has 0 saturated carbocycles. The summed E-state index contributed by atoms with van der Waals surface area (Å²) >= 11 is 0. The van der Waals surface area contributed by atoms with Crippen LogP contribution in [-0.2, 0) is 0 Å². The first-order chi connectivity index (χ1) is 20.7. The topological polar surface area (TPSA) is 40.6 Å². The highest BCUT2D eigenvalue weighted by Gasteiger charge is 2.35. The van der Waals surface area contributed by atoms with E-state index in [1.54, 1.807) is 0 Å². The van der Waals surface area contributed by atoms with Gasteiger partial charge in [-0.2, -0.15) is 0 Å². The Morgan fingerprint density at radius 2 is 1.10 bits per heavy atom. The first-order valence-corrected chi connectivity index (χ1v) is 14.0. The van der Waals surface area contributed by atoms with Crippen molar-refractivity contribution < 1.29 is 9.59 Å². The highest BCUT2D eigenvalue weighted by molar-refractivity contribution is 6.37. The summed E-state index contributed by atoms with van der Waals surface area (Å²) in [6.45, 7) is 0. The number of carbonyl (C=O) groups excluding carboxylic acids is 2. The summed E-state index contributed by atoms with van der Waals surface area (Å²) in [5.74, 6) is -0.632. The Morgan fingerprint density at radius 1 is 0.452 bits per heavy atom. The summed E-state index contributed by atoms with van der Waals surface area (Å²) in [5.41, 5.74) is 4.51. The molecule has 0 saturated heterocycles. The van der Waals surface area contributed by atoms with Crippen LogP contribution in [0.2, 0.25) is 0 Å². The molecule has 0 spiro atoms. The van der Waals surface area contributed by atoms with Crippen molar-refractivity contribution in [3.05, 3.63) is 157 Å². The number of para-hydroxylation sites is 1. The summed E-state index contributed by atoms with van der Waals surface area (Å²) in [5, 5.41) is 5.67. The molecule has 0 fully saturated rings. The van der Waals surface area contributed by atoms with Crippen LogP contribution in [0, 0.1) is 0 Å². The van der Waals surface area contributed by atoms with E-state index >= 15 is 0 Å². The van der Waals surface area contributed by atoms with E-state index in [9.17, 15) is 9.59 Å². The Labute approximate surface area is 242 Å². The van der Waals surface area contributed by atoms with Crippen LogP contribution in [-0.4, -0.2) is 11.8 Å². The standard InChI is InChI=1S/C38H24N2O2/c41-37-32-18-9-17-31-35(39(28-14-2-1-3-15-28)29-21-20-25-10-4-5-12-27(25)24-29)23-22-33(36(31)32)38(42)40(37)34-19-8-13-26-11-6-7-16-30(26)34/h1-24H. The zero-order valence-electron chi connectivity index (χ0n) is 22.6. The molecule has 4 heteroatoms. The molecule has 1 aliphatic heterocycles. The number of fused-ring (bicyclic) bond motifs is 2. The first-order valence-electron chi connectivity index (χ1n) is 14.0. The van der Waals surface area contributed by atoms with Crippen molar-refractivity contribution in [2.45, 2.75) is 0 Å². The van der Waals surface area contributed by atoms with E-state index < -0.39 is 0 Å². The predicted octanol–water partition coefficient (Wildman–Crippen LogP) is 9.42. The third-order valence-corrected chi connectivity index (χ3v) is 8.14. The normalized spacial score (nSPS) is 12.8. The average molecular weight is 541 g/mol. The van der Waals surface area contributed by atoms with E-state index in [0.717, 1.165) is 44.0 Å². The van der Waals surface area contributed by atoms with Gasteiger partial charge in [0.15, 0.2) is 0 Å². The fraction of sp³-hybridized carbons (Fsp3) is 0. The lowest BCUT2D eigenvalue weighted by Crippen LogP contribution is -2.40. The second-order valence-corrected chi connectivity index (χ2v) is 10.5. The number of amides is 2. The number of hydrogen-bond donors (Lipinski definition) is 0. The molecule has 1 heterocycles. The molecule has 0 aliphatic carbocycles. The van der Waals surface area contributed by atoms with Gasteiger partial charge in [0, 0.05) is 38.7 Å². The number of benzene rings is 7. The Balaban J connectivity index is 1.34. The molecule has 4 nitrogen and oxygen atoms in total. The molecule has 0 atom stereocenters. The molecule has 2 amide bonds. The number of imide groups is 1. The summed E-state index contributed by atoms with van der Waals surface area (Å²) in [6.07, 6.45) is 0. The minimum atomic E-state index is -0.316. The van der Waals surface area contributed by atoms with Crippen LogP contribution in [0.4, 0.5) is 22.7 Å². The molecule has 42 heavy (non-hydrogen) atoms. The summed E-state index contributed by atoms with van der Waals surface area (Å²) < 4.78 is 0. The molecule has 1 aliphatic rings. The molecule has 8 rings (SSSR count). The van der Waals surface area contributed by atoms with E-state index in [0.29, 0.717) is 22.2 Å². The summed E-state index contributed by atoms with van der Waals surface area (Å²) in [7, 11) is 0. The number of rotatable bonds is 4. The van der Waals surface area contributed by atoms with Crippen molar-refractivity contribution in [2.24, 2.45) is 0 Å². The molecular weight excluding hydrogens is 516 g/mol. The lowest BCUT2D eigenvalue weighted by molar-refractivity contribution is 0.0894. The van der Waals surface area contributed by atoms with E-state index in [2.05, 4.69) is 47.4 Å². The molecule has 198 valence electrons. The van der Waals surface area contributed by atoms with Crippen molar-refractivity contribution in [2.75, 3.05) is 9.80 Å². The van der Waals surface area contributed by atoms with Gasteiger partial charge in [0.2, 0.25) is 0 Å². The monoisotopic (exact) mass is 540 g/mol. The summed E-state index contributed by atoms with van der Waals surface area (Å²) in [6, 6.07) is 48.0. The Morgan fingerprint density at radius 3 is 1.93 bits per heavy atom. The second-order valence-electron chi connectivity index (χ2n) is 10.5. The van der Waals surface area contributed by atoms with Gasteiger partial charge in [-0.3, -0.25) is 9.59 Å². The van der Waals surface area contributed by atoms with Crippen LogP contribution in [0.15, 0.2) is 146 Å². The molecule has 0 radical (unpaired) electrons. The van der Waals surface area contributed by atoms with Crippen molar-refractivity contribution in [3.63, 3.8) is 0 Å². The Hall–Kier alpha value is -5.74. The number of carbonyl (C=O) groups is 2. The Kier molecular flexibility index (Phi) is 5.41. The summed E-state index contributed by atoms with van der Waals surface area (Å²) in [4.78, 5) is 31.8. The molecule has 0 aromatic heterocycles. The Bertz CT molecular complexity index is 2180. The number of anilines is 4. The highest BCUT2D eigenvalue weighted by atomic mass is 16.2. The quantitative estimate of drug-likeness (QED) is 0.209. The SMILES string of the molecule is O=C1c2cccc3c(N(c4ccccc4)c4ccc5ccccc5c4)ccc(c23)C(=O)N1c1cccc2ccccc12. The van der Waals surface area contributed by atoms with E-state index in [1.165, 1.54) is 4.90 Å². The van der Waals surface area contributed by atoms with Gasteiger partial charge in [-0.05, 0) is 64.7 Å². The van der Waals surface area contributed by atoms with Crippen LogP contribution < -0.4 is 9.80 Å². The van der Waals surface area contributed by atoms with Gasteiger partial charge in [-0.15, -0.1) is 0 Å². The second kappa shape index (κ2) is 9.43. The largest absolute Gasteiger partial charge is 0.310 e. The minimum absolute atomic E-state index is 0.316. The lowest BCUT2D eigenvalue weighted by Gasteiger charge is -2.31. The molecular formula is C38H24N2O2. The van der Waals surface area contributed by atoms with Crippen LogP contribution in [0.1, 0.15) is 20.7 Å². The van der Waals surface area contributed by atoms with Crippen LogP contribution >= 0.6 is 0 Å². The van der Waals surface area contributed by atoms with Gasteiger partial charge in [0.1, 0.15) is 0 Å². The maximum atomic E-state index is 14.1. The zero-order valence-corrected chi connectivity index (χ0v) is 22.6. The molecule has 0 unspecified atom stereocenters. The third-order valence-electron chi connectivity index (χ3n) is 8.14. The molecule has 0 N–H and O–H groups in total. The fourth-order valence-electron chi connectivity index (χ4n) is 6.22. The molecule has 7 aromatic carbocycles. The molecule has 7 aromatic rings. The van der Waals surface area contributed by atoms with Crippen molar-refractivity contribution in [1.82, 2.24) is 0 Å². The van der Waals surface area contributed by atoms with Gasteiger partial charge < -0.3 is 4.90 Å². The smallest absolute Gasteiger partial charge is 0.266 e. The zero-order chi connectivity index (χ0) is 28.2. The molecule has 0 bridgehead atoms. The van der Waals surface area contributed by atoms with Crippen molar-refractivity contribution in [1.29, 1.82) is 0 Å². The van der Waals surface area contributed by atoms with E-state index in [4.69, 9.17) is 0 Å². The maximum Gasteiger partial charge on any atom is 0.266 e. The minimum Gasteiger partial charge on any atom is -0.310 e. The number of hydrogen-bond acceptors (Lipinski definition) is 3. The third kappa shape index (κ3) is 3.62. The van der Waals surface area contributed by atoms with Gasteiger partial charge in [0.25, 0.3) is 11.8 Å². The van der Waals surface area contributed by atoms with Gasteiger partial charge in [0.05, 0.1) is 11.4 Å². The van der Waals surface area contributed by atoms with Gasteiger partial charge in [-0.25, -0.2) is 4.90 Å². The van der Waals surface area contributed by atoms with Crippen molar-refractivity contribution in [3.8, 4) is 0 Å². The number of nitrogens with zero attached hydrogens (tertiary/aromatic N) is 2. The van der Waals surface area contributed by atoms with Crippen molar-refractivity contribution >= 4 is 66.9 Å². The average Bonchev–Trinajstić information content (AvgIpc) is 3.05. The highest BCUT2D eigenvalue weighted by Crippen LogP contribution is 2.43. The lowest BCUT2D eigenvalue weighted by atomic mass is 9.91. The van der Waals surface area contributed by atoms with E-state index in [1.807, 2.05) is 103 Å². The predicted molar refractivity (Wildman–Crippen MR) is 171 cm³/mol.